The van der Waals surface area contributed by atoms with Gasteiger partial charge in [0.2, 0.25) is 5.91 Å². The van der Waals surface area contributed by atoms with Crippen molar-refractivity contribution in [1.82, 2.24) is 9.62 Å². The van der Waals surface area contributed by atoms with Crippen LogP contribution in [0.4, 0.5) is 0 Å². The Morgan fingerprint density at radius 1 is 1.62 bits per heavy atom. The molecule has 1 aromatic rings. The number of nitrogens with one attached hydrogen (secondary N) is 1. The maximum atomic E-state index is 12.4. The van der Waals surface area contributed by atoms with Crippen molar-refractivity contribution in [2.75, 3.05) is 24.7 Å². The average molecular weight is 350 g/mol. The number of hydrogen-bond donors (Lipinski definition) is 2. The highest BCUT2D eigenvalue weighted by Crippen LogP contribution is 2.19. The van der Waals surface area contributed by atoms with Gasteiger partial charge in [0.05, 0.1) is 18.7 Å². The first-order chi connectivity index (χ1) is 9.95. The van der Waals surface area contributed by atoms with Crippen molar-refractivity contribution >= 4 is 39.0 Å². The Hall–Kier alpha value is -0.610. The van der Waals surface area contributed by atoms with Gasteiger partial charge in [-0.25, -0.2) is 8.42 Å². The third kappa shape index (κ3) is 3.98. The second kappa shape index (κ2) is 7.10. The molecule has 0 aromatic carbocycles. The summed E-state index contributed by atoms with van der Waals surface area (Å²) in [5, 5.41) is 11.0. The van der Waals surface area contributed by atoms with Gasteiger partial charge in [0.15, 0.2) is 0 Å². The number of rotatable bonds is 5. The Bertz CT molecular complexity index is 573. The molecule has 0 bridgehead atoms. The number of nitrogens with zero attached hydrogens (tertiary/aromatic N) is 1. The zero-order valence-corrected chi connectivity index (χ0v) is 14.0. The fourth-order valence-electron chi connectivity index (χ4n) is 2.10. The van der Waals surface area contributed by atoms with Crippen LogP contribution in [-0.4, -0.2) is 61.1 Å². The maximum absolute atomic E-state index is 12.4. The summed E-state index contributed by atoms with van der Waals surface area (Å²) >= 11 is 2.79. The van der Waals surface area contributed by atoms with Crippen LogP contribution in [0.15, 0.2) is 21.7 Å². The summed E-state index contributed by atoms with van der Waals surface area (Å²) in [6, 6.07) is 2.05. The van der Waals surface area contributed by atoms with E-state index in [1.807, 2.05) is 0 Å². The van der Waals surface area contributed by atoms with Crippen molar-refractivity contribution in [1.29, 1.82) is 0 Å². The Labute approximate surface area is 132 Å². The normalized spacial score (nSPS) is 21.2. The molecule has 1 fully saturated rings. The molecule has 0 saturated carbocycles. The highest BCUT2D eigenvalue weighted by Gasteiger charge is 2.31. The molecule has 9 heteroatoms. The highest BCUT2D eigenvalue weighted by molar-refractivity contribution is 7.99. The highest BCUT2D eigenvalue weighted by atomic mass is 32.2. The van der Waals surface area contributed by atoms with E-state index in [1.54, 1.807) is 28.1 Å². The van der Waals surface area contributed by atoms with Crippen LogP contribution in [0.2, 0.25) is 0 Å². The van der Waals surface area contributed by atoms with E-state index in [0.717, 1.165) is 17.1 Å². The lowest BCUT2D eigenvalue weighted by atomic mass is 10.2. The van der Waals surface area contributed by atoms with Gasteiger partial charge in [0.25, 0.3) is 10.0 Å². The summed E-state index contributed by atoms with van der Waals surface area (Å²) in [7, 11) is -3.67. The zero-order chi connectivity index (χ0) is 15.5. The van der Waals surface area contributed by atoms with E-state index >= 15 is 0 Å². The maximum Gasteiger partial charge on any atom is 0.250 e. The number of carbonyl (C=O) groups excluding carboxylic acids is 1. The molecule has 0 radical (unpaired) electrons. The summed E-state index contributed by atoms with van der Waals surface area (Å²) in [6.07, 6.45) is 0. The summed E-state index contributed by atoms with van der Waals surface area (Å²) in [4.78, 5) is 14.0. The van der Waals surface area contributed by atoms with Crippen molar-refractivity contribution in [3.8, 4) is 0 Å². The van der Waals surface area contributed by atoms with Gasteiger partial charge in [0.1, 0.15) is 4.21 Å². The molecule has 1 aliphatic rings. The molecule has 1 amide bonds. The fourth-order valence-corrected chi connectivity index (χ4v) is 5.36. The first-order valence-corrected chi connectivity index (χ1v) is 10.0. The van der Waals surface area contributed by atoms with Crippen molar-refractivity contribution in [3.05, 3.63) is 17.5 Å². The topological polar surface area (TPSA) is 86.7 Å². The van der Waals surface area contributed by atoms with Gasteiger partial charge in [-0.3, -0.25) is 4.79 Å². The van der Waals surface area contributed by atoms with Crippen LogP contribution in [0.1, 0.15) is 6.92 Å². The van der Waals surface area contributed by atoms with Crippen LogP contribution in [0.25, 0.3) is 0 Å². The van der Waals surface area contributed by atoms with Gasteiger partial charge in [-0.05, 0) is 18.4 Å². The Morgan fingerprint density at radius 2 is 2.38 bits per heavy atom. The van der Waals surface area contributed by atoms with Gasteiger partial charge >= 0.3 is 0 Å². The van der Waals surface area contributed by atoms with Crippen molar-refractivity contribution in [2.45, 2.75) is 23.2 Å². The summed E-state index contributed by atoms with van der Waals surface area (Å²) < 4.78 is 26.8. The second-order valence-electron chi connectivity index (χ2n) is 4.72. The predicted molar refractivity (Wildman–Crippen MR) is 84.0 cm³/mol. The molecular formula is C12H18N2O4S3. The molecule has 2 N–H and O–H groups in total. The van der Waals surface area contributed by atoms with E-state index in [4.69, 9.17) is 0 Å². The summed E-state index contributed by atoms with van der Waals surface area (Å²) in [5.41, 5.74) is 0. The quantitative estimate of drug-likeness (QED) is 0.800. The Kier molecular flexibility index (Phi) is 5.67. The molecule has 21 heavy (non-hydrogen) atoms. The van der Waals surface area contributed by atoms with Crippen LogP contribution >= 0.6 is 23.1 Å². The average Bonchev–Trinajstić information content (AvgIpc) is 3.01. The predicted octanol–water partition coefficient (Wildman–Crippen LogP) is 0.351. The molecule has 2 rings (SSSR count). The fraction of sp³-hybridized carbons (Fsp3) is 0.583. The first-order valence-electron chi connectivity index (χ1n) is 6.50. The van der Waals surface area contributed by atoms with E-state index in [2.05, 4.69) is 4.72 Å². The molecular weight excluding hydrogens is 332 g/mol. The van der Waals surface area contributed by atoms with Gasteiger partial charge in [-0.15, -0.1) is 11.3 Å². The lowest BCUT2D eigenvalue weighted by Crippen LogP contribution is -2.54. The molecule has 0 spiro atoms. The molecule has 0 unspecified atom stereocenters. The summed E-state index contributed by atoms with van der Waals surface area (Å²) in [6.45, 7) is 1.95. The summed E-state index contributed by atoms with van der Waals surface area (Å²) in [5.74, 6) is 1.17. The van der Waals surface area contributed by atoms with E-state index in [-0.39, 0.29) is 22.8 Å². The van der Waals surface area contributed by atoms with Crippen LogP contribution in [0.5, 0.6) is 0 Å². The lowest BCUT2D eigenvalue weighted by Gasteiger charge is -2.35. The Balaban J connectivity index is 2.05. The third-order valence-corrected chi connectivity index (χ3v) is 7.21. The molecule has 2 heterocycles. The monoisotopic (exact) mass is 350 g/mol. The number of aliphatic hydroxyl groups excluding tert-OH is 1. The van der Waals surface area contributed by atoms with Gasteiger partial charge in [-0.2, -0.15) is 16.5 Å². The number of sulfonamides is 1. The number of hydrogen-bond acceptors (Lipinski definition) is 6. The number of thiophene rings is 1. The first kappa shape index (κ1) is 16.8. The number of amides is 1. The second-order valence-corrected chi connectivity index (χ2v) is 8.76. The largest absolute Gasteiger partial charge is 0.394 e. The molecule has 1 aromatic heterocycles. The van der Waals surface area contributed by atoms with Crippen molar-refractivity contribution < 1.29 is 18.3 Å². The van der Waals surface area contributed by atoms with E-state index in [0.29, 0.717) is 12.3 Å². The van der Waals surface area contributed by atoms with Crippen molar-refractivity contribution in [3.63, 3.8) is 0 Å². The van der Waals surface area contributed by atoms with E-state index < -0.39 is 16.1 Å². The van der Waals surface area contributed by atoms with Crippen LogP contribution in [0, 0.1) is 0 Å². The minimum Gasteiger partial charge on any atom is -0.394 e. The minimum absolute atomic E-state index is 0.108. The van der Waals surface area contributed by atoms with Crippen molar-refractivity contribution in [2.24, 2.45) is 0 Å². The van der Waals surface area contributed by atoms with Gasteiger partial charge < -0.3 is 10.0 Å². The molecule has 118 valence electrons. The number of aliphatic hydroxyl groups is 1. The molecule has 2 atom stereocenters. The molecule has 1 aliphatic heterocycles. The lowest BCUT2D eigenvalue weighted by molar-refractivity contribution is -0.135. The molecule has 6 nitrogen and oxygen atoms in total. The SMILES string of the molecule is C[C@@H](NS(=O)(=O)c1cccs1)C(=O)N1CCSC[C@@H]1CO. The molecule has 1 saturated heterocycles. The van der Waals surface area contributed by atoms with E-state index in [1.165, 1.54) is 13.0 Å². The number of thioether (sulfide) groups is 1. The van der Waals surface area contributed by atoms with Gasteiger partial charge in [-0.1, -0.05) is 6.07 Å². The smallest absolute Gasteiger partial charge is 0.250 e. The minimum atomic E-state index is -3.67. The number of carbonyl (C=O) groups is 1. The van der Waals surface area contributed by atoms with Crippen LogP contribution in [-0.2, 0) is 14.8 Å². The zero-order valence-electron chi connectivity index (χ0n) is 11.6. The van der Waals surface area contributed by atoms with E-state index in [9.17, 15) is 18.3 Å². The van der Waals surface area contributed by atoms with Crippen LogP contribution < -0.4 is 4.72 Å². The van der Waals surface area contributed by atoms with Gasteiger partial charge in [0, 0.05) is 18.1 Å². The standard InChI is InChI=1S/C12H18N2O4S3/c1-9(13-21(17,18)11-3-2-5-20-11)12(16)14-4-6-19-8-10(14)7-15/h2-3,5,9-10,13,15H,4,6-8H2,1H3/t9-,10+/m1/s1. The third-order valence-electron chi connectivity index (χ3n) is 3.18. The van der Waals surface area contributed by atoms with Crippen LogP contribution in [0.3, 0.4) is 0 Å². The Morgan fingerprint density at radius 3 is 3.00 bits per heavy atom. The molecule has 0 aliphatic carbocycles.